The van der Waals surface area contributed by atoms with Gasteiger partial charge in [-0.2, -0.15) is 0 Å². The number of fused-ring (bicyclic) bond motifs is 1. The average molecular weight is 267 g/mol. The third kappa shape index (κ3) is 2.50. The number of nitrogens with zero attached hydrogens (tertiary/aromatic N) is 1. The fourth-order valence-corrected chi connectivity index (χ4v) is 2.71. The van der Waals surface area contributed by atoms with E-state index in [0.29, 0.717) is 5.56 Å². The molecular formula is C16H17N3O. The van der Waals surface area contributed by atoms with Crippen LogP contribution in [0.3, 0.4) is 0 Å². The van der Waals surface area contributed by atoms with Crippen molar-refractivity contribution in [1.29, 1.82) is 0 Å². The van der Waals surface area contributed by atoms with Gasteiger partial charge in [0.15, 0.2) is 0 Å². The third-order valence-electron chi connectivity index (χ3n) is 3.68. The number of nitrogens with two attached hydrogens (primary N) is 1. The molecule has 3 N–H and O–H groups in total. The van der Waals surface area contributed by atoms with Gasteiger partial charge < -0.3 is 11.1 Å². The highest BCUT2D eigenvalue weighted by molar-refractivity contribution is 5.93. The summed E-state index contributed by atoms with van der Waals surface area (Å²) in [6.07, 6.45) is 5.11. The van der Waals surface area contributed by atoms with Gasteiger partial charge in [-0.15, -0.1) is 0 Å². The number of aryl methyl sites for hydroxylation is 1. The van der Waals surface area contributed by atoms with Crippen molar-refractivity contribution in [1.82, 2.24) is 4.98 Å². The van der Waals surface area contributed by atoms with E-state index in [1.165, 1.54) is 5.56 Å². The van der Waals surface area contributed by atoms with Gasteiger partial charge in [0, 0.05) is 17.4 Å². The first-order valence-corrected chi connectivity index (χ1v) is 6.84. The first-order chi connectivity index (χ1) is 9.74. The topological polar surface area (TPSA) is 68.0 Å². The Balaban J connectivity index is 1.85. The number of hydrogen-bond acceptors (Lipinski definition) is 3. The van der Waals surface area contributed by atoms with Gasteiger partial charge in [0.25, 0.3) is 0 Å². The fourth-order valence-electron chi connectivity index (χ4n) is 2.71. The Kier molecular flexibility index (Phi) is 3.37. The van der Waals surface area contributed by atoms with Crippen LogP contribution in [0, 0.1) is 0 Å². The minimum absolute atomic E-state index is 0.197. The molecule has 1 atom stereocenters. The molecule has 0 radical (unpaired) electrons. The molecule has 102 valence electrons. The van der Waals surface area contributed by atoms with Crippen molar-refractivity contribution < 1.29 is 4.79 Å². The summed E-state index contributed by atoms with van der Waals surface area (Å²) in [6.45, 7) is 0. The molecule has 20 heavy (non-hydrogen) atoms. The first-order valence-electron chi connectivity index (χ1n) is 6.84. The molecule has 1 aromatic carbocycles. The Morgan fingerprint density at radius 2 is 2.20 bits per heavy atom. The lowest BCUT2D eigenvalue weighted by atomic mass is 9.91. The number of rotatable bonds is 3. The number of anilines is 1. The minimum atomic E-state index is -0.407. The molecule has 1 amide bonds. The van der Waals surface area contributed by atoms with Gasteiger partial charge in [0.2, 0.25) is 5.91 Å². The van der Waals surface area contributed by atoms with Crippen LogP contribution >= 0.6 is 0 Å². The van der Waals surface area contributed by atoms with Gasteiger partial charge in [-0.05, 0) is 49.1 Å². The number of primary amides is 1. The van der Waals surface area contributed by atoms with Crippen LogP contribution in [0.1, 0.15) is 40.5 Å². The van der Waals surface area contributed by atoms with Gasteiger partial charge in [-0.1, -0.05) is 12.1 Å². The van der Waals surface area contributed by atoms with Crippen molar-refractivity contribution in [3.63, 3.8) is 0 Å². The van der Waals surface area contributed by atoms with Gasteiger partial charge in [-0.3, -0.25) is 9.78 Å². The second kappa shape index (κ2) is 5.33. The molecule has 0 spiro atoms. The van der Waals surface area contributed by atoms with Crippen molar-refractivity contribution in [2.75, 3.05) is 5.32 Å². The lowest BCUT2D eigenvalue weighted by molar-refractivity contribution is 0.100. The molecule has 0 fully saturated rings. The largest absolute Gasteiger partial charge is 0.377 e. The molecule has 2 aromatic rings. The van der Waals surface area contributed by atoms with Crippen LogP contribution in [0.15, 0.2) is 42.6 Å². The van der Waals surface area contributed by atoms with Gasteiger partial charge in [-0.25, -0.2) is 0 Å². The van der Waals surface area contributed by atoms with E-state index in [9.17, 15) is 4.79 Å². The summed E-state index contributed by atoms with van der Waals surface area (Å²) in [5.74, 6) is -0.407. The van der Waals surface area contributed by atoms with Crippen LogP contribution in [-0.4, -0.2) is 10.9 Å². The van der Waals surface area contributed by atoms with Gasteiger partial charge >= 0.3 is 0 Å². The van der Waals surface area contributed by atoms with Crippen molar-refractivity contribution in [3.8, 4) is 0 Å². The first kappa shape index (κ1) is 12.7. The van der Waals surface area contributed by atoms with Gasteiger partial charge in [0.1, 0.15) is 0 Å². The molecule has 0 bridgehead atoms. The van der Waals surface area contributed by atoms with E-state index >= 15 is 0 Å². The maximum absolute atomic E-state index is 11.2. The highest BCUT2D eigenvalue weighted by Crippen LogP contribution is 2.30. The normalized spacial score (nSPS) is 17.3. The molecule has 1 aromatic heterocycles. The van der Waals surface area contributed by atoms with Crippen LogP contribution in [0.4, 0.5) is 5.69 Å². The average Bonchev–Trinajstić information content (AvgIpc) is 2.48. The van der Waals surface area contributed by atoms with Crippen molar-refractivity contribution >= 4 is 11.6 Å². The van der Waals surface area contributed by atoms with Crippen LogP contribution in [-0.2, 0) is 6.42 Å². The Morgan fingerprint density at radius 3 is 3.05 bits per heavy atom. The second-order valence-electron chi connectivity index (χ2n) is 5.08. The summed E-state index contributed by atoms with van der Waals surface area (Å²) < 4.78 is 0. The molecule has 0 aliphatic heterocycles. The van der Waals surface area contributed by atoms with Crippen LogP contribution in [0.5, 0.6) is 0 Å². The van der Waals surface area contributed by atoms with Crippen LogP contribution < -0.4 is 11.1 Å². The summed E-state index contributed by atoms with van der Waals surface area (Å²) >= 11 is 0. The number of nitrogens with one attached hydrogen (secondary N) is 1. The highest BCUT2D eigenvalue weighted by Gasteiger charge is 2.21. The smallest absolute Gasteiger partial charge is 0.248 e. The molecule has 4 heteroatoms. The molecule has 1 heterocycles. The maximum Gasteiger partial charge on any atom is 0.248 e. The van der Waals surface area contributed by atoms with E-state index in [1.807, 2.05) is 24.4 Å². The molecule has 1 aliphatic rings. The number of benzene rings is 1. The van der Waals surface area contributed by atoms with Crippen LogP contribution in [0.25, 0.3) is 0 Å². The zero-order valence-corrected chi connectivity index (χ0v) is 11.2. The standard InChI is InChI=1S/C16H17N3O/c17-16(20)12-5-1-7-13(10-12)19-14-8-2-4-11-6-3-9-18-15(11)14/h1,3,5-7,9-10,14,19H,2,4,8H2,(H2,17,20). The third-order valence-corrected chi connectivity index (χ3v) is 3.68. The molecule has 1 aliphatic carbocycles. The Morgan fingerprint density at radius 1 is 1.30 bits per heavy atom. The van der Waals surface area contributed by atoms with Crippen molar-refractivity contribution in [2.24, 2.45) is 5.73 Å². The summed E-state index contributed by atoms with van der Waals surface area (Å²) in [7, 11) is 0. The van der Waals surface area contributed by atoms with Gasteiger partial charge in [0.05, 0.1) is 11.7 Å². The van der Waals surface area contributed by atoms with Crippen molar-refractivity contribution in [2.45, 2.75) is 25.3 Å². The van der Waals surface area contributed by atoms with E-state index in [4.69, 9.17) is 5.73 Å². The Hall–Kier alpha value is -2.36. The molecular weight excluding hydrogens is 250 g/mol. The molecule has 0 saturated heterocycles. The fraction of sp³-hybridized carbons (Fsp3) is 0.250. The quantitative estimate of drug-likeness (QED) is 0.898. The lowest BCUT2D eigenvalue weighted by Crippen LogP contribution is -2.19. The molecule has 4 nitrogen and oxygen atoms in total. The van der Waals surface area contributed by atoms with Crippen molar-refractivity contribution in [3.05, 3.63) is 59.4 Å². The van der Waals surface area contributed by atoms with E-state index in [1.54, 1.807) is 12.1 Å². The molecule has 1 unspecified atom stereocenters. The summed E-state index contributed by atoms with van der Waals surface area (Å²) in [5.41, 5.74) is 9.16. The minimum Gasteiger partial charge on any atom is -0.377 e. The second-order valence-corrected chi connectivity index (χ2v) is 5.08. The number of carbonyl (C=O) groups is 1. The molecule has 3 rings (SSSR count). The monoisotopic (exact) mass is 267 g/mol. The highest BCUT2D eigenvalue weighted by atomic mass is 16.1. The maximum atomic E-state index is 11.2. The van der Waals surface area contributed by atoms with E-state index in [2.05, 4.69) is 16.4 Å². The predicted molar refractivity (Wildman–Crippen MR) is 78.5 cm³/mol. The SMILES string of the molecule is NC(=O)c1cccc(NC2CCCc3cccnc32)c1. The zero-order chi connectivity index (χ0) is 13.9. The number of pyridine rings is 1. The van der Waals surface area contributed by atoms with E-state index < -0.39 is 5.91 Å². The summed E-state index contributed by atoms with van der Waals surface area (Å²) in [6, 6.07) is 11.6. The molecule has 0 saturated carbocycles. The summed E-state index contributed by atoms with van der Waals surface area (Å²) in [5, 5.41) is 3.46. The number of amides is 1. The lowest BCUT2D eigenvalue weighted by Gasteiger charge is -2.26. The van der Waals surface area contributed by atoms with Crippen LogP contribution in [0.2, 0.25) is 0 Å². The number of aromatic nitrogens is 1. The van der Waals surface area contributed by atoms with E-state index in [0.717, 1.165) is 30.6 Å². The Labute approximate surface area is 118 Å². The summed E-state index contributed by atoms with van der Waals surface area (Å²) in [4.78, 5) is 15.7. The van der Waals surface area contributed by atoms with E-state index in [-0.39, 0.29) is 6.04 Å². The Bertz CT molecular complexity index is 639. The predicted octanol–water partition coefficient (Wildman–Crippen LogP) is 2.67. The zero-order valence-electron chi connectivity index (χ0n) is 11.2. The number of hydrogen-bond donors (Lipinski definition) is 2. The number of carbonyl (C=O) groups excluding carboxylic acids is 1.